The molecule has 0 saturated heterocycles. The Balaban J connectivity index is 0. The average molecular weight is 292 g/mol. The van der Waals surface area contributed by atoms with Crippen LogP contribution in [0.1, 0.15) is 51.4 Å². The van der Waals surface area contributed by atoms with E-state index in [2.05, 4.69) is 0 Å². The molecule has 0 aromatic heterocycles. The summed E-state index contributed by atoms with van der Waals surface area (Å²) in [6.45, 7) is 0. The summed E-state index contributed by atoms with van der Waals surface area (Å²) in [5, 5.41) is 31.5. The van der Waals surface area contributed by atoms with E-state index in [-0.39, 0.29) is 12.8 Å². The number of hydrogen-bond donors (Lipinski definition) is 4. The predicted octanol–water partition coefficient (Wildman–Crippen LogP) is 1.43. The van der Waals surface area contributed by atoms with E-state index in [1.54, 1.807) is 0 Å². The average Bonchev–Trinajstić information content (AvgIpc) is 2.32. The maximum Gasteiger partial charge on any atom is 0.414 e. The molecular weight excluding hydrogens is 272 g/mol. The molecule has 0 radical (unpaired) electrons. The molecule has 0 aliphatic heterocycles. The van der Waals surface area contributed by atoms with Crippen molar-refractivity contribution in [3.8, 4) is 0 Å². The Kier molecular flexibility index (Phi) is 13.4. The van der Waals surface area contributed by atoms with Crippen LogP contribution in [-0.2, 0) is 19.2 Å². The summed E-state index contributed by atoms with van der Waals surface area (Å²) in [4.78, 5) is 38.5. The first-order valence-electron chi connectivity index (χ1n) is 6.17. The van der Waals surface area contributed by atoms with E-state index in [9.17, 15) is 9.59 Å². The monoisotopic (exact) mass is 292 g/mol. The maximum absolute atomic E-state index is 10.1. The van der Waals surface area contributed by atoms with Crippen molar-refractivity contribution in [1.82, 2.24) is 0 Å². The number of carboxylic acid groups (broad SMARTS) is 4. The Morgan fingerprint density at radius 2 is 0.750 bits per heavy atom. The van der Waals surface area contributed by atoms with Crippen molar-refractivity contribution in [1.29, 1.82) is 0 Å². The second kappa shape index (κ2) is 13.3. The van der Waals surface area contributed by atoms with E-state index in [0.29, 0.717) is 0 Å². The highest BCUT2D eigenvalue weighted by atomic mass is 16.4. The van der Waals surface area contributed by atoms with Crippen molar-refractivity contribution in [2.45, 2.75) is 51.4 Å². The van der Waals surface area contributed by atoms with Crippen LogP contribution in [0.3, 0.4) is 0 Å². The van der Waals surface area contributed by atoms with Crippen LogP contribution in [-0.4, -0.2) is 44.3 Å². The van der Waals surface area contributed by atoms with Crippen LogP contribution in [0, 0.1) is 0 Å². The van der Waals surface area contributed by atoms with Gasteiger partial charge in [-0.25, -0.2) is 9.59 Å². The fourth-order valence-electron chi connectivity index (χ4n) is 1.26. The van der Waals surface area contributed by atoms with E-state index < -0.39 is 23.9 Å². The van der Waals surface area contributed by atoms with Gasteiger partial charge in [-0.15, -0.1) is 0 Å². The number of rotatable bonds is 9. The second-order valence-corrected chi connectivity index (χ2v) is 4.02. The van der Waals surface area contributed by atoms with Crippen LogP contribution in [0.4, 0.5) is 0 Å². The first kappa shape index (κ1) is 20.2. The number of hydrogen-bond acceptors (Lipinski definition) is 4. The summed E-state index contributed by atoms with van der Waals surface area (Å²) < 4.78 is 0. The van der Waals surface area contributed by atoms with Gasteiger partial charge in [0.05, 0.1) is 0 Å². The zero-order chi connectivity index (χ0) is 16.0. The van der Waals surface area contributed by atoms with E-state index in [1.165, 1.54) is 0 Å². The van der Waals surface area contributed by atoms with Crippen LogP contribution in [0.25, 0.3) is 0 Å². The number of carbonyl (C=O) groups is 4. The molecule has 116 valence electrons. The van der Waals surface area contributed by atoms with Crippen LogP contribution in [0.2, 0.25) is 0 Å². The first-order chi connectivity index (χ1) is 9.27. The van der Waals surface area contributed by atoms with Gasteiger partial charge in [0.1, 0.15) is 0 Å². The third kappa shape index (κ3) is 21.2. The van der Waals surface area contributed by atoms with Gasteiger partial charge >= 0.3 is 23.9 Å². The predicted molar refractivity (Wildman–Crippen MR) is 67.5 cm³/mol. The molecule has 0 saturated carbocycles. The van der Waals surface area contributed by atoms with Crippen molar-refractivity contribution in [3.05, 3.63) is 0 Å². The molecule has 0 heterocycles. The number of aliphatic carboxylic acids is 4. The molecule has 20 heavy (non-hydrogen) atoms. The zero-order valence-corrected chi connectivity index (χ0v) is 11.1. The molecular formula is C12H20O8. The maximum atomic E-state index is 10.1. The summed E-state index contributed by atoms with van der Waals surface area (Å²) in [7, 11) is 0. The highest BCUT2D eigenvalue weighted by Crippen LogP contribution is 2.08. The lowest BCUT2D eigenvalue weighted by Gasteiger charge is -1.98. The fourth-order valence-corrected chi connectivity index (χ4v) is 1.26. The zero-order valence-electron chi connectivity index (χ0n) is 11.1. The van der Waals surface area contributed by atoms with Crippen molar-refractivity contribution < 1.29 is 39.6 Å². The first-order valence-corrected chi connectivity index (χ1v) is 6.17. The lowest BCUT2D eigenvalue weighted by atomic mass is 10.1. The largest absolute Gasteiger partial charge is 0.481 e. The standard InChI is InChI=1S/C10H18O4.C2H2O4/c11-9(12)7-5-3-1-2-4-6-8-10(13)14;3-1(4)2(5)6/h1-8H2,(H,11,12)(H,13,14);(H,3,4)(H,5,6). The molecule has 4 N–H and O–H groups in total. The molecule has 8 heteroatoms. The SMILES string of the molecule is O=C(O)C(=O)O.O=C(O)CCCCCCCCC(=O)O. The van der Waals surface area contributed by atoms with Crippen molar-refractivity contribution in [3.63, 3.8) is 0 Å². The second-order valence-electron chi connectivity index (χ2n) is 4.02. The summed E-state index contributed by atoms with van der Waals surface area (Å²) in [5.74, 6) is -5.13. The summed E-state index contributed by atoms with van der Waals surface area (Å²) in [5.41, 5.74) is 0. The highest BCUT2D eigenvalue weighted by Gasteiger charge is 2.04. The van der Waals surface area contributed by atoms with E-state index in [4.69, 9.17) is 30.0 Å². The van der Waals surface area contributed by atoms with E-state index in [0.717, 1.165) is 38.5 Å². The van der Waals surface area contributed by atoms with Gasteiger partial charge in [-0.3, -0.25) is 9.59 Å². The quantitative estimate of drug-likeness (QED) is 0.368. The van der Waals surface area contributed by atoms with Crippen molar-refractivity contribution in [2.75, 3.05) is 0 Å². The molecule has 0 amide bonds. The Morgan fingerprint density at radius 3 is 0.950 bits per heavy atom. The molecule has 0 spiro atoms. The molecule has 0 aliphatic rings. The molecule has 0 aromatic rings. The molecule has 0 bridgehead atoms. The molecule has 0 rings (SSSR count). The number of unbranched alkanes of at least 4 members (excludes halogenated alkanes) is 5. The summed E-state index contributed by atoms with van der Waals surface area (Å²) in [6.07, 6.45) is 5.82. The van der Waals surface area contributed by atoms with Gasteiger partial charge in [-0.2, -0.15) is 0 Å². The Morgan fingerprint density at radius 1 is 0.500 bits per heavy atom. The van der Waals surface area contributed by atoms with Gasteiger partial charge in [-0.1, -0.05) is 25.7 Å². The fraction of sp³-hybridized carbons (Fsp3) is 0.667. The van der Waals surface area contributed by atoms with Gasteiger partial charge in [0.25, 0.3) is 0 Å². The van der Waals surface area contributed by atoms with E-state index in [1.807, 2.05) is 0 Å². The van der Waals surface area contributed by atoms with Gasteiger partial charge < -0.3 is 20.4 Å². The van der Waals surface area contributed by atoms with Crippen LogP contribution < -0.4 is 0 Å². The minimum Gasteiger partial charge on any atom is -0.481 e. The Labute approximate surface area is 116 Å². The third-order valence-electron chi connectivity index (χ3n) is 2.21. The normalized spacial score (nSPS) is 9.20. The number of carboxylic acids is 4. The summed E-state index contributed by atoms with van der Waals surface area (Å²) >= 11 is 0. The molecule has 0 fully saturated rings. The highest BCUT2D eigenvalue weighted by molar-refractivity contribution is 6.27. The van der Waals surface area contributed by atoms with Gasteiger partial charge in [0, 0.05) is 12.8 Å². The van der Waals surface area contributed by atoms with Crippen LogP contribution in [0.5, 0.6) is 0 Å². The van der Waals surface area contributed by atoms with Crippen LogP contribution >= 0.6 is 0 Å². The molecule has 0 aliphatic carbocycles. The smallest absolute Gasteiger partial charge is 0.414 e. The van der Waals surface area contributed by atoms with Gasteiger partial charge in [0.15, 0.2) is 0 Å². The summed E-state index contributed by atoms with van der Waals surface area (Å²) in [6, 6.07) is 0. The van der Waals surface area contributed by atoms with Crippen molar-refractivity contribution >= 4 is 23.9 Å². The molecule has 8 nitrogen and oxygen atoms in total. The molecule has 0 atom stereocenters. The van der Waals surface area contributed by atoms with Gasteiger partial charge in [-0.05, 0) is 12.8 Å². The molecule has 0 unspecified atom stereocenters. The third-order valence-corrected chi connectivity index (χ3v) is 2.21. The minimum atomic E-state index is -1.82. The Hall–Kier alpha value is -2.12. The van der Waals surface area contributed by atoms with E-state index >= 15 is 0 Å². The Bertz CT molecular complexity index is 291. The van der Waals surface area contributed by atoms with Crippen LogP contribution in [0.15, 0.2) is 0 Å². The molecule has 0 aromatic carbocycles. The minimum absolute atomic E-state index is 0.245. The van der Waals surface area contributed by atoms with Crippen molar-refractivity contribution in [2.24, 2.45) is 0 Å². The topological polar surface area (TPSA) is 149 Å². The van der Waals surface area contributed by atoms with Gasteiger partial charge in [0.2, 0.25) is 0 Å². The lowest BCUT2D eigenvalue weighted by Crippen LogP contribution is -2.09. The lowest BCUT2D eigenvalue weighted by molar-refractivity contribution is -0.159.